The van der Waals surface area contributed by atoms with Crippen LogP contribution in [0.5, 0.6) is 5.75 Å². The second kappa shape index (κ2) is 9.09. The Morgan fingerprint density at radius 2 is 1.85 bits per heavy atom. The molecule has 0 spiro atoms. The van der Waals surface area contributed by atoms with Crippen LogP contribution < -0.4 is 16.1 Å². The van der Waals surface area contributed by atoms with E-state index < -0.39 is 41.9 Å². The van der Waals surface area contributed by atoms with Gasteiger partial charge in [0.2, 0.25) is 6.29 Å². The fourth-order valence-electron chi connectivity index (χ4n) is 4.43. The van der Waals surface area contributed by atoms with Crippen LogP contribution in [0, 0.1) is 6.92 Å². The molecule has 1 unspecified atom stereocenters. The van der Waals surface area contributed by atoms with E-state index in [-0.39, 0.29) is 5.75 Å². The maximum absolute atomic E-state index is 12.8. The van der Waals surface area contributed by atoms with Gasteiger partial charge < -0.3 is 34.2 Å². The Bertz CT molecular complexity index is 1250. The number of hydrogen-bond acceptors (Lipinski definition) is 8. The fourth-order valence-corrected chi connectivity index (χ4v) is 4.43. The third-order valence-electron chi connectivity index (χ3n) is 5.98. The van der Waals surface area contributed by atoms with E-state index in [9.17, 15) is 14.7 Å². The summed E-state index contributed by atoms with van der Waals surface area (Å²) in [6, 6.07) is 14.3. The molecule has 3 aromatic rings. The van der Waals surface area contributed by atoms with Crippen LogP contribution in [-0.2, 0) is 14.2 Å². The zero-order chi connectivity index (χ0) is 24.6. The first kappa shape index (κ1) is 23.7. The summed E-state index contributed by atoms with van der Waals surface area (Å²) in [7, 11) is 1.42. The van der Waals surface area contributed by atoms with Crippen molar-refractivity contribution in [2.75, 3.05) is 7.11 Å². The van der Waals surface area contributed by atoms with Crippen molar-refractivity contribution in [1.29, 1.82) is 0 Å². The summed E-state index contributed by atoms with van der Waals surface area (Å²) in [4.78, 5) is 24.2. The number of nitrogens with two attached hydrogens (primary N) is 1. The number of amides is 1. The van der Waals surface area contributed by atoms with Crippen LogP contribution in [0.1, 0.15) is 19.4 Å². The Morgan fingerprint density at radius 3 is 2.50 bits per heavy atom. The van der Waals surface area contributed by atoms with Crippen molar-refractivity contribution in [3.05, 3.63) is 64.5 Å². The molecule has 0 saturated carbocycles. The van der Waals surface area contributed by atoms with Gasteiger partial charge in [0.15, 0.2) is 12.2 Å². The minimum atomic E-state index is -1.39. The van der Waals surface area contributed by atoms with Crippen molar-refractivity contribution in [3.8, 4) is 16.9 Å². The highest BCUT2D eigenvalue weighted by molar-refractivity contribution is 5.87. The quantitative estimate of drug-likeness (QED) is 0.545. The molecule has 1 fully saturated rings. The van der Waals surface area contributed by atoms with Crippen molar-refractivity contribution in [1.82, 2.24) is 0 Å². The van der Waals surface area contributed by atoms with Gasteiger partial charge >= 0.3 is 11.7 Å². The Labute approximate surface area is 196 Å². The van der Waals surface area contributed by atoms with Gasteiger partial charge in [-0.15, -0.1) is 0 Å². The molecule has 2 aromatic carbocycles. The fraction of sp³-hybridized carbons (Fsp3) is 0.360. The molecule has 0 bridgehead atoms. The molecule has 4 rings (SSSR count). The van der Waals surface area contributed by atoms with Crippen LogP contribution in [0.4, 0.5) is 4.79 Å². The van der Waals surface area contributed by atoms with Gasteiger partial charge in [0.05, 0.1) is 11.2 Å². The van der Waals surface area contributed by atoms with Crippen molar-refractivity contribution >= 4 is 17.1 Å². The Kier molecular flexibility index (Phi) is 6.35. The zero-order valence-electron chi connectivity index (χ0n) is 19.3. The van der Waals surface area contributed by atoms with E-state index in [0.29, 0.717) is 11.1 Å². The Balaban J connectivity index is 1.67. The highest BCUT2D eigenvalue weighted by atomic mass is 16.7. The number of methoxy groups -OCH3 is 1. The van der Waals surface area contributed by atoms with Gasteiger partial charge in [-0.25, -0.2) is 9.59 Å². The molecule has 2 heterocycles. The second-order valence-corrected chi connectivity index (χ2v) is 8.67. The van der Waals surface area contributed by atoms with E-state index in [4.69, 9.17) is 29.1 Å². The number of primary amides is 1. The summed E-state index contributed by atoms with van der Waals surface area (Å²) in [5, 5.41) is 11.5. The lowest BCUT2D eigenvalue weighted by atomic mass is 9.89. The molecule has 1 aliphatic heterocycles. The van der Waals surface area contributed by atoms with Crippen LogP contribution in [0.2, 0.25) is 0 Å². The summed E-state index contributed by atoms with van der Waals surface area (Å²) < 4.78 is 27.9. The summed E-state index contributed by atoms with van der Waals surface area (Å²) in [6.45, 7) is 5.29. The lowest BCUT2D eigenvalue weighted by Crippen LogP contribution is -2.65. The van der Waals surface area contributed by atoms with Gasteiger partial charge in [-0.05, 0) is 44.0 Å². The molecule has 1 amide bonds. The van der Waals surface area contributed by atoms with E-state index in [2.05, 4.69) is 0 Å². The van der Waals surface area contributed by atoms with Crippen molar-refractivity contribution in [2.24, 2.45) is 5.73 Å². The van der Waals surface area contributed by atoms with Crippen molar-refractivity contribution < 1.29 is 33.3 Å². The molecular formula is C25H27NO8. The third-order valence-corrected chi connectivity index (χ3v) is 5.98. The molecule has 0 radical (unpaired) electrons. The normalized spacial score (nSPS) is 24.0. The average molecular weight is 469 g/mol. The summed E-state index contributed by atoms with van der Waals surface area (Å²) in [6.07, 6.45) is -5.57. The molecule has 1 aliphatic rings. The molecule has 4 atom stereocenters. The first-order valence-electron chi connectivity index (χ1n) is 10.8. The molecule has 180 valence electrons. The number of rotatable bonds is 5. The number of ether oxygens (including phenoxy) is 4. The number of carbonyl (C=O) groups excluding carboxylic acids is 1. The Morgan fingerprint density at radius 1 is 1.15 bits per heavy atom. The van der Waals surface area contributed by atoms with Gasteiger partial charge in [-0.1, -0.05) is 30.3 Å². The lowest BCUT2D eigenvalue weighted by Gasteiger charge is -2.47. The largest absolute Gasteiger partial charge is 0.462 e. The predicted molar refractivity (Wildman–Crippen MR) is 123 cm³/mol. The van der Waals surface area contributed by atoms with E-state index >= 15 is 0 Å². The molecule has 9 nitrogen and oxygen atoms in total. The first-order chi connectivity index (χ1) is 16.1. The van der Waals surface area contributed by atoms with Crippen molar-refractivity contribution in [2.45, 2.75) is 51.0 Å². The number of aliphatic hydroxyl groups excluding tert-OH is 1. The van der Waals surface area contributed by atoms with Crippen LogP contribution in [0.3, 0.4) is 0 Å². The summed E-state index contributed by atoms with van der Waals surface area (Å²) in [5.74, 6) is 0.288. The SMILES string of the molecule is CO[C@@H]1[C@H](OC(N)=O)C(O)[C@H](Oc2ccc3c(C)c(-c4ccccc4)c(=O)oc3c2)OC1(C)C. The topological polar surface area (TPSA) is 130 Å². The van der Waals surface area contributed by atoms with Crippen molar-refractivity contribution in [3.63, 3.8) is 0 Å². The number of aryl methyl sites for hydroxylation is 1. The molecule has 9 heteroatoms. The number of benzene rings is 2. The smallest absolute Gasteiger partial charge is 0.404 e. The van der Waals surface area contributed by atoms with E-state index in [1.165, 1.54) is 7.11 Å². The standard InChI is InChI=1S/C25H27NO8/c1-13-16-11-10-15(12-17(16)32-22(28)18(13)14-8-6-5-7-9-14)31-23-19(27)20(33-24(26)29)21(30-4)25(2,3)34-23/h5-12,19-21,23,27H,1-4H3,(H2,26,29)/t19?,20-,21-,23-/m1/s1. The molecule has 1 saturated heterocycles. The van der Waals surface area contributed by atoms with Gasteiger partial charge in [0, 0.05) is 18.6 Å². The number of hydrogen-bond donors (Lipinski definition) is 2. The van der Waals surface area contributed by atoms with E-state index in [1.807, 2.05) is 37.3 Å². The maximum atomic E-state index is 12.8. The highest BCUT2D eigenvalue weighted by Gasteiger charge is 2.53. The highest BCUT2D eigenvalue weighted by Crippen LogP contribution is 2.35. The third kappa shape index (κ3) is 4.37. The first-order valence-corrected chi connectivity index (χ1v) is 10.8. The van der Waals surface area contributed by atoms with Crippen LogP contribution in [0.25, 0.3) is 22.1 Å². The Hall–Kier alpha value is -3.40. The van der Waals surface area contributed by atoms with Gasteiger partial charge in [-0.2, -0.15) is 0 Å². The van der Waals surface area contributed by atoms with Crippen LogP contribution >= 0.6 is 0 Å². The molecule has 3 N–H and O–H groups in total. The monoisotopic (exact) mass is 469 g/mol. The van der Waals surface area contributed by atoms with Gasteiger partial charge in [0.1, 0.15) is 17.4 Å². The molecule has 34 heavy (non-hydrogen) atoms. The van der Waals surface area contributed by atoms with Crippen LogP contribution in [-0.4, -0.2) is 48.5 Å². The summed E-state index contributed by atoms with van der Waals surface area (Å²) in [5.41, 5.74) is 6.09. The molecule has 0 aliphatic carbocycles. The minimum Gasteiger partial charge on any atom is -0.462 e. The summed E-state index contributed by atoms with van der Waals surface area (Å²) >= 11 is 0. The maximum Gasteiger partial charge on any atom is 0.404 e. The average Bonchev–Trinajstić information content (AvgIpc) is 2.77. The predicted octanol–water partition coefficient (Wildman–Crippen LogP) is 3.12. The van der Waals surface area contributed by atoms with Crippen LogP contribution in [0.15, 0.2) is 57.7 Å². The van der Waals surface area contributed by atoms with Gasteiger partial charge in [0.25, 0.3) is 0 Å². The number of aliphatic hydroxyl groups is 1. The van der Waals surface area contributed by atoms with E-state index in [0.717, 1.165) is 16.5 Å². The zero-order valence-corrected chi connectivity index (χ0v) is 19.3. The number of fused-ring (bicyclic) bond motifs is 1. The molecule has 1 aromatic heterocycles. The van der Waals surface area contributed by atoms with Gasteiger partial charge in [-0.3, -0.25) is 0 Å². The lowest BCUT2D eigenvalue weighted by molar-refractivity contribution is -0.304. The molecular weight excluding hydrogens is 442 g/mol. The second-order valence-electron chi connectivity index (χ2n) is 8.67. The van der Waals surface area contributed by atoms with E-state index in [1.54, 1.807) is 32.0 Å². The number of carbonyl (C=O) groups is 1. The minimum absolute atomic E-state index is 0.288.